The summed E-state index contributed by atoms with van der Waals surface area (Å²) in [6.45, 7) is 6.30. The summed E-state index contributed by atoms with van der Waals surface area (Å²) in [6.07, 6.45) is 3.69. The maximum Gasteiger partial charge on any atom is 0.229 e. The van der Waals surface area contributed by atoms with Gasteiger partial charge in [0.1, 0.15) is 0 Å². The number of rotatable bonds is 6. The van der Waals surface area contributed by atoms with Crippen molar-refractivity contribution >= 4 is 23.2 Å². The van der Waals surface area contributed by atoms with Crippen LogP contribution in [0.25, 0.3) is 5.65 Å². The van der Waals surface area contributed by atoms with Crippen LogP contribution in [0.3, 0.4) is 0 Å². The van der Waals surface area contributed by atoms with Gasteiger partial charge in [-0.05, 0) is 24.5 Å². The molecule has 0 bridgehead atoms. The summed E-state index contributed by atoms with van der Waals surface area (Å²) in [6, 6.07) is 10.8. The standard InChI is InChI=1S/C21H28N8O/c1-2-4-18(28-11-9-22-10-12-28)16(3-1)15-23-21-27-20(25-17-6-13-30-14-7-17)26-19-5-8-24-29(19)21/h1-5,8,17,22H,6-7,9-15H2,(H2,23,25,26,27). The average Bonchev–Trinajstić information content (AvgIpc) is 3.28. The molecule has 3 N–H and O–H groups in total. The highest BCUT2D eigenvalue weighted by Crippen LogP contribution is 2.22. The van der Waals surface area contributed by atoms with Crippen LogP contribution in [0.5, 0.6) is 0 Å². The molecule has 5 rings (SSSR count). The van der Waals surface area contributed by atoms with E-state index in [0.717, 1.165) is 57.9 Å². The van der Waals surface area contributed by atoms with E-state index in [9.17, 15) is 0 Å². The van der Waals surface area contributed by atoms with Crippen molar-refractivity contribution in [3.8, 4) is 0 Å². The fourth-order valence-electron chi connectivity index (χ4n) is 4.08. The summed E-state index contributed by atoms with van der Waals surface area (Å²) >= 11 is 0. The normalized spacial score (nSPS) is 17.9. The molecule has 0 unspecified atom stereocenters. The van der Waals surface area contributed by atoms with Crippen molar-refractivity contribution in [1.82, 2.24) is 24.9 Å². The van der Waals surface area contributed by atoms with Crippen LogP contribution < -0.4 is 20.9 Å². The van der Waals surface area contributed by atoms with E-state index in [1.165, 1.54) is 11.3 Å². The van der Waals surface area contributed by atoms with Gasteiger partial charge in [0.05, 0.1) is 6.20 Å². The van der Waals surface area contributed by atoms with Crippen LogP contribution in [0, 0.1) is 0 Å². The largest absolute Gasteiger partial charge is 0.381 e. The SMILES string of the molecule is c1ccc(N2CCNCC2)c(CNc2nc(NC3CCOCC3)nc3ccnn23)c1. The molecule has 0 amide bonds. The lowest BCUT2D eigenvalue weighted by molar-refractivity contribution is 0.0903. The van der Waals surface area contributed by atoms with Crippen LogP contribution >= 0.6 is 0 Å². The lowest BCUT2D eigenvalue weighted by Crippen LogP contribution is -2.43. The maximum atomic E-state index is 5.45. The first-order valence-electron chi connectivity index (χ1n) is 10.7. The Labute approximate surface area is 175 Å². The molecular formula is C21H28N8O. The lowest BCUT2D eigenvalue weighted by atomic mass is 10.1. The summed E-state index contributed by atoms with van der Waals surface area (Å²) in [5.41, 5.74) is 3.30. The molecule has 2 aromatic heterocycles. The van der Waals surface area contributed by atoms with Crippen LogP contribution in [0.2, 0.25) is 0 Å². The predicted molar refractivity (Wildman–Crippen MR) is 117 cm³/mol. The number of nitrogens with one attached hydrogen (secondary N) is 3. The van der Waals surface area contributed by atoms with Gasteiger partial charge in [0, 0.05) is 63.7 Å². The van der Waals surface area contributed by atoms with Crippen molar-refractivity contribution in [2.75, 3.05) is 54.9 Å². The van der Waals surface area contributed by atoms with Crippen molar-refractivity contribution in [2.24, 2.45) is 0 Å². The van der Waals surface area contributed by atoms with E-state index in [4.69, 9.17) is 9.72 Å². The van der Waals surface area contributed by atoms with Crippen molar-refractivity contribution in [2.45, 2.75) is 25.4 Å². The van der Waals surface area contributed by atoms with Crippen LogP contribution in [0.4, 0.5) is 17.6 Å². The summed E-state index contributed by atoms with van der Waals surface area (Å²) in [5, 5.41) is 14.8. The van der Waals surface area contributed by atoms with Gasteiger partial charge in [-0.2, -0.15) is 19.6 Å². The van der Waals surface area contributed by atoms with Gasteiger partial charge < -0.3 is 25.6 Å². The Kier molecular flexibility index (Phi) is 5.62. The predicted octanol–water partition coefficient (Wildman–Crippen LogP) is 1.74. The zero-order chi connectivity index (χ0) is 20.2. The van der Waals surface area contributed by atoms with Gasteiger partial charge in [-0.25, -0.2) is 0 Å². The number of anilines is 3. The smallest absolute Gasteiger partial charge is 0.229 e. The third-order valence-electron chi connectivity index (χ3n) is 5.70. The second kappa shape index (κ2) is 8.85. The van der Waals surface area contributed by atoms with Gasteiger partial charge in [0.15, 0.2) is 5.65 Å². The molecule has 4 heterocycles. The zero-order valence-corrected chi connectivity index (χ0v) is 17.0. The third kappa shape index (κ3) is 4.17. The molecule has 0 radical (unpaired) electrons. The third-order valence-corrected chi connectivity index (χ3v) is 5.70. The fraction of sp³-hybridized carbons (Fsp3) is 0.476. The minimum Gasteiger partial charge on any atom is -0.381 e. The lowest BCUT2D eigenvalue weighted by Gasteiger charge is -2.31. The molecule has 9 heteroatoms. The van der Waals surface area contributed by atoms with Gasteiger partial charge in [-0.1, -0.05) is 18.2 Å². The number of aromatic nitrogens is 4. The Morgan fingerprint density at radius 1 is 1.07 bits per heavy atom. The molecule has 2 fully saturated rings. The molecule has 158 valence electrons. The highest BCUT2D eigenvalue weighted by Gasteiger charge is 2.17. The molecule has 0 spiro atoms. The Hall–Kier alpha value is -2.91. The molecule has 1 aromatic carbocycles. The molecule has 3 aromatic rings. The molecule has 2 aliphatic rings. The molecule has 0 saturated carbocycles. The first-order chi connectivity index (χ1) is 14.9. The monoisotopic (exact) mass is 408 g/mol. The molecule has 2 saturated heterocycles. The topological polar surface area (TPSA) is 91.6 Å². The Morgan fingerprint density at radius 2 is 1.90 bits per heavy atom. The van der Waals surface area contributed by atoms with Gasteiger partial charge in [-0.3, -0.25) is 0 Å². The van der Waals surface area contributed by atoms with E-state index in [1.54, 1.807) is 10.7 Å². The van der Waals surface area contributed by atoms with E-state index >= 15 is 0 Å². The van der Waals surface area contributed by atoms with E-state index in [2.05, 4.69) is 55.2 Å². The van der Waals surface area contributed by atoms with E-state index in [0.29, 0.717) is 24.5 Å². The van der Waals surface area contributed by atoms with Gasteiger partial charge in [-0.15, -0.1) is 0 Å². The Balaban J connectivity index is 1.36. The van der Waals surface area contributed by atoms with E-state index < -0.39 is 0 Å². The number of hydrogen-bond donors (Lipinski definition) is 3. The zero-order valence-electron chi connectivity index (χ0n) is 17.0. The first-order valence-corrected chi connectivity index (χ1v) is 10.7. The van der Waals surface area contributed by atoms with Crippen LogP contribution in [0.1, 0.15) is 18.4 Å². The van der Waals surface area contributed by atoms with Gasteiger partial charge >= 0.3 is 0 Å². The Morgan fingerprint density at radius 3 is 2.77 bits per heavy atom. The summed E-state index contributed by atoms with van der Waals surface area (Å²) in [7, 11) is 0. The van der Waals surface area contributed by atoms with Gasteiger partial charge in [0.25, 0.3) is 0 Å². The van der Waals surface area contributed by atoms with Crippen molar-refractivity contribution < 1.29 is 4.74 Å². The molecule has 30 heavy (non-hydrogen) atoms. The van der Waals surface area contributed by atoms with Gasteiger partial charge in [0.2, 0.25) is 11.9 Å². The highest BCUT2D eigenvalue weighted by atomic mass is 16.5. The fourth-order valence-corrected chi connectivity index (χ4v) is 4.08. The highest BCUT2D eigenvalue weighted by molar-refractivity contribution is 5.56. The summed E-state index contributed by atoms with van der Waals surface area (Å²) in [5.74, 6) is 1.32. The summed E-state index contributed by atoms with van der Waals surface area (Å²) in [4.78, 5) is 11.8. The number of fused-ring (bicyclic) bond motifs is 1. The molecular weight excluding hydrogens is 380 g/mol. The van der Waals surface area contributed by atoms with E-state index in [-0.39, 0.29) is 0 Å². The minimum atomic E-state index is 0.338. The number of benzene rings is 1. The quantitative estimate of drug-likeness (QED) is 0.568. The first kappa shape index (κ1) is 19.1. The number of para-hydroxylation sites is 1. The van der Waals surface area contributed by atoms with Crippen molar-refractivity contribution in [3.05, 3.63) is 42.1 Å². The molecule has 0 atom stereocenters. The number of ether oxygens (including phenoxy) is 1. The van der Waals surface area contributed by atoms with Crippen molar-refractivity contribution in [3.63, 3.8) is 0 Å². The van der Waals surface area contributed by atoms with Crippen LogP contribution in [0.15, 0.2) is 36.5 Å². The number of nitrogens with zero attached hydrogens (tertiary/aromatic N) is 5. The second-order valence-corrected chi connectivity index (χ2v) is 7.72. The maximum absolute atomic E-state index is 5.45. The molecule has 2 aliphatic heterocycles. The molecule has 9 nitrogen and oxygen atoms in total. The minimum absolute atomic E-state index is 0.338. The number of hydrogen-bond acceptors (Lipinski definition) is 8. The average molecular weight is 409 g/mol. The molecule has 0 aliphatic carbocycles. The Bertz CT molecular complexity index is 978. The van der Waals surface area contributed by atoms with E-state index in [1.807, 2.05) is 6.07 Å². The van der Waals surface area contributed by atoms with Crippen LogP contribution in [-0.2, 0) is 11.3 Å². The summed E-state index contributed by atoms with van der Waals surface area (Å²) < 4.78 is 7.21. The van der Waals surface area contributed by atoms with Crippen molar-refractivity contribution in [1.29, 1.82) is 0 Å². The van der Waals surface area contributed by atoms with Crippen LogP contribution in [-0.4, -0.2) is 65.0 Å². The second-order valence-electron chi connectivity index (χ2n) is 7.72. The number of piperazine rings is 1.